The molecule has 12 heteroatoms. The fourth-order valence-corrected chi connectivity index (χ4v) is 11.8. The second-order valence-electron chi connectivity index (χ2n) is 22.3. The number of carbonyl (C=O) groups is 2. The molecule has 18 atom stereocenters. The van der Waals surface area contributed by atoms with Crippen LogP contribution in [0, 0.1) is 47.3 Å². The Morgan fingerprint density at radius 2 is 0.818 bits per heavy atom. The van der Waals surface area contributed by atoms with Gasteiger partial charge in [-0.25, -0.2) is 0 Å². The number of rotatable bonds is 18. The molecule has 2 aliphatic heterocycles. The largest absolute Gasteiger partial charge is 0.469 e. The molecule has 9 unspecified atom stereocenters. The second-order valence-corrected chi connectivity index (χ2v) is 22.3. The normalized spacial score (nSPS) is 33.0. The minimum Gasteiger partial charge on any atom is -0.469 e. The number of benzene rings is 4. The van der Waals surface area contributed by atoms with E-state index in [0.717, 1.165) is 49.7 Å². The molecule has 4 aliphatic rings. The average Bonchev–Trinajstić information content (AvgIpc) is 3.47. The van der Waals surface area contributed by atoms with E-state index in [0.29, 0.717) is 26.4 Å². The molecule has 1 N–H and O–H groups in total. The molecule has 77 heavy (non-hydrogen) atoms. The number of ether oxygens (including phenoxy) is 9. The first-order valence-corrected chi connectivity index (χ1v) is 28.6. The van der Waals surface area contributed by atoms with E-state index in [9.17, 15) is 14.7 Å². The highest BCUT2D eigenvalue weighted by Gasteiger charge is 2.48. The maximum Gasteiger partial charge on any atom is 0.308 e. The lowest BCUT2D eigenvalue weighted by Gasteiger charge is -2.47. The maximum atomic E-state index is 12.3. The fourth-order valence-electron chi connectivity index (χ4n) is 11.8. The molecular weight excluding hydrogens is 973 g/mol. The molecule has 2 heterocycles. The van der Waals surface area contributed by atoms with E-state index in [1.54, 1.807) is 0 Å². The van der Waals surface area contributed by atoms with E-state index in [2.05, 4.69) is 104 Å². The van der Waals surface area contributed by atoms with E-state index in [1.807, 2.05) is 79.7 Å². The number of aliphatic hydroxyl groups is 1. The highest BCUT2D eigenvalue weighted by Crippen LogP contribution is 2.41. The average molecular weight is 1070 g/mol. The Hall–Kier alpha value is -4.50. The summed E-state index contributed by atoms with van der Waals surface area (Å²) in [6, 6.07) is 41.0. The Balaban J connectivity index is 0.000000210. The molecule has 4 fully saturated rings. The van der Waals surface area contributed by atoms with Crippen molar-refractivity contribution in [2.75, 3.05) is 14.2 Å². The summed E-state index contributed by atoms with van der Waals surface area (Å²) < 4.78 is 54.9. The van der Waals surface area contributed by atoms with Crippen LogP contribution < -0.4 is 0 Å². The molecule has 424 valence electrons. The number of hydrogen-bond donors (Lipinski definition) is 1. The van der Waals surface area contributed by atoms with Gasteiger partial charge in [-0.2, -0.15) is 0 Å². The van der Waals surface area contributed by atoms with Crippen molar-refractivity contribution < 1.29 is 57.3 Å². The van der Waals surface area contributed by atoms with Crippen LogP contribution in [-0.2, 0) is 78.6 Å². The van der Waals surface area contributed by atoms with E-state index >= 15 is 0 Å². The Kier molecular flexibility index (Phi) is 25.1. The van der Waals surface area contributed by atoms with Gasteiger partial charge in [-0.15, -0.1) is 0 Å². The molecule has 4 aromatic carbocycles. The number of hydrogen-bond acceptors (Lipinski definition) is 12. The fraction of sp³-hybridized carbons (Fsp3) is 0.600. The van der Waals surface area contributed by atoms with E-state index in [4.69, 9.17) is 42.6 Å². The summed E-state index contributed by atoms with van der Waals surface area (Å²) >= 11 is 0. The number of carbonyl (C=O) groups excluding carboxylic acids is 2. The third kappa shape index (κ3) is 17.7. The minimum absolute atomic E-state index is 0.00989. The predicted molar refractivity (Wildman–Crippen MR) is 299 cm³/mol. The zero-order valence-corrected chi connectivity index (χ0v) is 47.9. The van der Waals surface area contributed by atoms with Crippen molar-refractivity contribution in [2.24, 2.45) is 47.3 Å². The first kappa shape index (κ1) is 61.7. The lowest BCUT2D eigenvalue weighted by atomic mass is 9.72. The van der Waals surface area contributed by atoms with Crippen molar-refractivity contribution in [3.63, 3.8) is 0 Å². The van der Waals surface area contributed by atoms with Gasteiger partial charge >= 0.3 is 11.9 Å². The Morgan fingerprint density at radius 1 is 0.455 bits per heavy atom. The summed E-state index contributed by atoms with van der Waals surface area (Å²) in [4.78, 5) is 23.7. The lowest BCUT2D eigenvalue weighted by Crippen LogP contribution is -2.57. The molecule has 0 radical (unpaired) electrons. The van der Waals surface area contributed by atoms with E-state index in [-0.39, 0.29) is 108 Å². The maximum absolute atomic E-state index is 12.3. The third-order valence-electron chi connectivity index (χ3n) is 16.8. The van der Waals surface area contributed by atoms with Crippen molar-refractivity contribution in [3.8, 4) is 0 Å². The Bertz CT molecular complexity index is 2270. The topological polar surface area (TPSA) is 137 Å². The Morgan fingerprint density at radius 3 is 1.23 bits per heavy atom. The first-order valence-electron chi connectivity index (χ1n) is 28.6. The summed E-state index contributed by atoms with van der Waals surface area (Å²) in [7, 11) is 2.90. The zero-order chi connectivity index (χ0) is 55.4. The molecule has 0 spiro atoms. The smallest absolute Gasteiger partial charge is 0.308 e. The predicted octanol–water partition coefficient (Wildman–Crippen LogP) is 12.4. The van der Waals surface area contributed by atoms with Crippen molar-refractivity contribution in [3.05, 3.63) is 144 Å². The monoisotopic (exact) mass is 1060 g/mol. The molecule has 8 rings (SSSR count). The van der Waals surface area contributed by atoms with Crippen molar-refractivity contribution >= 4 is 11.9 Å². The minimum atomic E-state index is -0.568. The van der Waals surface area contributed by atoms with E-state index in [1.165, 1.54) is 25.3 Å². The van der Waals surface area contributed by atoms with Crippen LogP contribution in [0.5, 0.6) is 0 Å². The highest BCUT2D eigenvalue weighted by molar-refractivity contribution is 5.72. The lowest BCUT2D eigenvalue weighted by molar-refractivity contribution is -0.321. The van der Waals surface area contributed by atoms with Gasteiger partial charge in [-0.05, 0) is 92.4 Å². The number of methoxy groups -OCH3 is 2. The van der Waals surface area contributed by atoms with Crippen molar-refractivity contribution in [1.82, 2.24) is 0 Å². The second kappa shape index (κ2) is 31.3. The number of aliphatic hydroxyl groups excluding tert-OH is 1. The SMILES string of the molecule is CC1OC(C)[C@@H](C)[C@H](OCc2ccccc2)C1OCc1ccccc1.CC[C@@H]1CC(C(=O)OC)C[C@@H](C)C1O.CC[C@@H]1CC(C(=O)OC)C[C@@H](C)C1O[C@@H]1OC(C)[C@@H](C)[C@H](OCc2ccccc2)C1OCc1ccccc1. The van der Waals surface area contributed by atoms with Gasteiger partial charge in [0.05, 0.1) is 95.2 Å². The van der Waals surface area contributed by atoms with Crippen LogP contribution in [-0.4, -0.2) is 92.5 Å². The van der Waals surface area contributed by atoms with Gasteiger partial charge in [-0.3, -0.25) is 9.59 Å². The zero-order valence-electron chi connectivity index (χ0n) is 47.9. The summed E-state index contributed by atoms with van der Waals surface area (Å²) in [5.74, 6) is 0.941. The van der Waals surface area contributed by atoms with Crippen LogP contribution in [0.1, 0.15) is 123 Å². The quantitative estimate of drug-likeness (QED) is 0.0950. The van der Waals surface area contributed by atoms with Crippen molar-refractivity contribution in [2.45, 2.75) is 188 Å². The molecule has 4 aromatic rings. The summed E-state index contributed by atoms with van der Waals surface area (Å²) in [6.07, 6.45) is 3.49. The van der Waals surface area contributed by atoms with Crippen LogP contribution in [0.3, 0.4) is 0 Å². The van der Waals surface area contributed by atoms with Gasteiger partial charge in [0, 0.05) is 11.8 Å². The van der Waals surface area contributed by atoms with Gasteiger partial charge in [-0.1, -0.05) is 176 Å². The molecular formula is C65H92O12. The van der Waals surface area contributed by atoms with Crippen molar-refractivity contribution in [1.29, 1.82) is 0 Å². The summed E-state index contributed by atoms with van der Waals surface area (Å²) in [5, 5.41) is 9.86. The van der Waals surface area contributed by atoms with E-state index < -0.39 is 12.4 Å². The van der Waals surface area contributed by atoms with Crippen LogP contribution in [0.4, 0.5) is 0 Å². The summed E-state index contributed by atoms with van der Waals surface area (Å²) in [6.45, 7) is 21.1. The first-order chi connectivity index (χ1) is 37.1. The molecule has 2 saturated heterocycles. The third-order valence-corrected chi connectivity index (χ3v) is 16.8. The highest BCUT2D eigenvalue weighted by atomic mass is 16.7. The van der Waals surface area contributed by atoms with Gasteiger partial charge in [0.2, 0.25) is 0 Å². The summed E-state index contributed by atoms with van der Waals surface area (Å²) in [5.41, 5.74) is 4.57. The molecule has 0 amide bonds. The van der Waals surface area contributed by atoms with Crippen LogP contribution in [0.2, 0.25) is 0 Å². The molecule has 2 saturated carbocycles. The number of esters is 2. The molecule has 12 nitrogen and oxygen atoms in total. The van der Waals surface area contributed by atoms with Gasteiger partial charge in [0.25, 0.3) is 0 Å². The molecule has 0 bridgehead atoms. The molecule has 0 aromatic heterocycles. The van der Waals surface area contributed by atoms with Crippen LogP contribution in [0.15, 0.2) is 121 Å². The van der Waals surface area contributed by atoms with Gasteiger partial charge in [0.1, 0.15) is 12.2 Å². The Labute approximate surface area is 461 Å². The standard InChI is InChI=1S/C32H44O6.C22H28O3.C11H20O3/c1-6-26-18-27(31(33)34-5)17-21(2)28(26)38-32-30(36-20-25-15-11-8-12-16-25)29(22(3)23(4)37-32)35-19-24-13-9-7-10-14-24;1-16-17(2)25-18(3)22(24-15-20-12-8-5-9-13-20)21(16)23-14-19-10-6-4-7-11-19;1-4-8-6-9(11(13)14-3)5-7(2)10(8)12/h7-16,21-23,26-30,32H,6,17-20H2,1-5H3;4-13,16-18,21-22H,14-15H2,1-3H3;7-10,12H,4-6H2,1-3H3/t21-,22-,23?,26-,27?,28?,29+,30?,32+;16-,17?,18?,21+,22?;7-,8-,9?,10?/m111/s1. The van der Waals surface area contributed by atoms with Gasteiger partial charge < -0.3 is 47.7 Å². The van der Waals surface area contributed by atoms with Crippen LogP contribution in [0.25, 0.3) is 0 Å². The van der Waals surface area contributed by atoms with Gasteiger partial charge in [0.15, 0.2) is 6.29 Å². The molecule has 2 aliphatic carbocycles. The van der Waals surface area contributed by atoms with Crippen LogP contribution >= 0.6 is 0 Å².